The summed E-state index contributed by atoms with van der Waals surface area (Å²) < 4.78 is 5.28. The van der Waals surface area contributed by atoms with Crippen LogP contribution in [0.5, 0.6) is 11.5 Å². The molecule has 2 N–H and O–H groups in total. The lowest BCUT2D eigenvalue weighted by Crippen LogP contribution is -2.38. The summed E-state index contributed by atoms with van der Waals surface area (Å²) in [6.45, 7) is 2.57. The number of aromatic nitrogens is 1. The van der Waals surface area contributed by atoms with Crippen LogP contribution in [0, 0.1) is 0 Å². The van der Waals surface area contributed by atoms with Gasteiger partial charge in [-0.15, -0.1) is 0 Å². The van der Waals surface area contributed by atoms with E-state index in [0.717, 1.165) is 33.8 Å². The Bertz CT molecular complexity index is 1110. The molecule has 0 radical (unpaired) electrons. The Balaban J connectivity index is 1.38. The minimum absolute atomic E-state index is 0.0349. The van der Waals surface area contributed by atoms with Gasteiger partial charge in [-0.25, -0.2) is 0 Å². The van der Waals surface area contributed by atoms with Crippen LogP contribution >= 0.6 is 11.6 Å². The fourth-order valence-corrected chi connectivity index (χ4v) is 5.47. The minimum Gasteiger partial charge on any atom is -0.503 e. The van der Waals surface area contributed by atoms with E-state index in [-0.39, 0.29) is 10.8 Å². The first-order valence-electron chi connectivity index (χ1n) is 11.6. The molecule has 6 heteroatoms. The number of phenols is 1. The summed E-state index contributed by atoms with van der Waals surface area (Å²) in [7, 11) is 1.53. The average molecular weight is 452 g/mol. The summed E-state index contributed by atoms with van der Waals surface area (Å²) in [4.78, 5) is 7.26. The van der Waals surface area contributed by atoms with Crippen LogP contribution < -0.4 is 10.1 Å². The average Bonchev–Trinajstić information content (AvgIpc) is 3.36. The van der Waals surface area contributed by atoms with Gasteiger partial charge in [0.25, 0.3) is 0 Å². The van der Waals surface area contributed by atoms with Gasteiger partial charge in [0, 0.05) is 29.4 Å². The number of nitrogens with one attached hydrogen (secondary N) is 1. The van der Waals surface area contributed by atoms with Crippen LogP contribution in [-0.2, 0) is 0 Å². The third-order valence-corrected chi connectivity index (χ3v) is 7.32. The van der Waals surface area contributed by atoms with Crippen molar-refractivity contribution in [2.45, 2.75) is 50.6 Å². The first kappa shape index (κ1) is 21.4. The van der Waals surface area contributed by atoms with Crippen LogP contribution in [0.2, 0.25) is 5.02 Å². The molecule has 1 saturated carbocycles. The number of rotatable bonds is 5. The van der Waals surface area contributed by atoms with E-state index in [0.29, 0.717) is 11.8 Å². The Morgan fingerprint density at radius 3 is 2.56 bits per heavy atom. The lowest BCUT2D eigenvalue weighted by Gasteiger charge is -2.35. The van der Waals surface area contributed by atoms with E-state index in [1.807, 2.05) is 24.4 Å². The van der Waals surface area contributed by atoms with Gasteiger partial charge in [0.05, 0.1) is 17.6 Å². The maximum atomic E-state index is 10.1. The number of anilines is 1. The summed E-state index contributed by atoms with van der Waals surface area (Å²) >= 11 is 6.23. The zero-order chi connectivity index (χ0) is 22.1. The standard InChI is InChI=1S/C26H30ClN3O2/c1-32-25-16-18(15-22(27)26(25)31)17-4-9-23-21(14-17)24(10-11-28-23)29-19-5-7-20(8-6-19)30-12-2-3-13-30/h4,9-11,14-16,19-20,31H,2-3,5-8,12-13H2,1H3,(H,28,29). The number of ether oxygens (including phenoxy) is 1. The van der Waals surface area contributed by atoms with Crippen LogP contribution in [0.4, 0.5) is 5.69 Å². The summed E-state index contributed by atoms with van der Waals surface area (Å²) in [5, 5.41) is 15.3. The van der Waals surface area contributed by atoms with Crippen molar-refractivity contribution in [2.75, 3.05) is 25.5 Å². The number of benzene rings is 2. The molecule has 1 aliphatic heterocycles. The fraction of sp³-hybridized carbons (Fsp3) is 0.423. The summed E-state index contributed by atoms with van der Waals surface area (Å²) in [5.74, 6) is 0.333. The lowest BCUT2D eigenvalue weighted by molar-refractivity contribution is 0.186. The molecule has 1 aliphatic carbocycles. The van der Waals surface area contributed by atoms with Crippen molar-refractivity contribution in [2.24, 2.45) is 0 Å². The van der Waals surface area contributed by atoms with E-state index in [4.69, 9.17) is 16.3 Å². The van der Waals surface area contributed by atoms with Crippen LogP contribution in [-0.4, -0.2) is 47.3 Å². The predicted octanol–water partition coefficient (Wildman–Crippen LogP) is 6.09. The monoisotopic (exact) mass is 451 g/mol. The van der Waals surface area contributed by atoms with Gasteiger partial charge in [0.1, 0.15) is 0 Å². The first-order chi connectivity index (χ1) is 15.6. The molecular weight excluding hydrogens is 422 g/mol. The Labute approximate surface area is 194 Å². The largest absolute Gasteiger partial charge is 0.503 e. The first-order valence-corrected chi connectivity index (χ1v) is 12.0. The molecule has 168 valence electrons. The van der Waals surface area contributed by atoms with Gasteiger partial charge in [-0.3, -0.25) is 4.98 Å². The van der Waals surface area contributed by atoms with E-state index in [1.165, 1.54) is 58.7 Å². The third-order valence-electron chi connectivity index (χ3n) is 7.04. The second-order valence-corrected chi connectivity index (χ2v) is 9.40. The number of hydrogen-bond acceptors (Lipinski definition) is 5. The van der Waals surface area contributed by atoms with Crippen molar-refractivity contribution in [1.29, 1.82) is 0 Å². The number of nitrogens with zero attached hydrogens (tertiary/aromatic N) is 2. The number of methoxy groups -OCH3 is 1. The number of hydrogen-bond donors (Lipinski definition) is 2. The highest BCUT2D eigenvalue weighted by atomic mass is 35.5. The molecule has 2 fully saturated rings. The molecular formula is C26H30ClN3O2. The second kappa shape index (κ2) is 9.16. The highest BCUT2D eigenvalue weighted by molar-refractivity contribution is 6.32. The molecule has 5 nitrogen and oxygen atoms in total. The van der Waals surface area contributed by atoms with Crippen LogP contribution in [0.15, 0.2) is 42.6 Å². The normalized spacial score (nSPS) is 21.7. The molecule has 0 spiro atoms. The highest BCUT2D eigenvalue weighted by Crippen LogP contribution is 2.39. The van der Waals surface area contributed by atoms with E-state index in [9.17, 15) is 5.11 Å². The smallest absolute Gasteiger partial charge is 0.176 e. The Kier molecular flexibility index (Phi) is 6.11. The molecule has 32 heavy (non-hydrogen) atoms. The highest BCUT2D eigenvalue weighted by Gasteiger charge is 2.27. The second-order valence-electron chi connectivity index (χ2n) is 8.99. The minimum atomic E-state index is -0.0349. The van der Waals surface area contributed by atoms with Gasteiger partial charge in [0.2, 0.25) is 0 Å². The van der Waals surface area contributed by atoms with Gasteiger partial charge in [-0.05, 0) is 93.1 Å². The SMILES string of the molecule is COc1cc(-c2ccc3nccc(NC4CCC(N5CCCC5)CC4)c3c2)cc(Cl)c1O. The molecule has 2 aromatic carbocycles. The van der Waals surface area contributed by atoms with Crippen LogP contribution in [0.3, 0.4) is 0 Å². The van der Waals surface area contributed by atoms with E-state index >= 15 is 0 Å². The topological polar surface area (TPSA) is 57.6 Å². The molecule has 0 bridgehead atoms. The molecule has 2 heterocycles. The number of halogens is 1. The van der Waals surface area contributed by atoms with Crippen molar-refractivity contribution in [3.05, 3.63) is 47.6 Å². The maximum Gasteiger partial charge on any atom is 0.176 e. The summed E-state index contributed by atoms with van der Waals surface area (Å²) in [6, 6.07) is 13.1. The Morgan fingerprint density at radius 1 is 1.03 bits per heavy atom. The molecule has 0 atom stereocenters. The van der Waals surface area contributed by atoms with Crippen molar-refractivity contribution in [3.8, 4) is 22.6 Å². The van der Waals surface area contributed by atoms with Crippen LogP contribution in [0.1, 0.15) is 38.5 Å². The molecule has 2 aliphatic rings. The van der Waals surface area contributed by atoms with Gasteiger partial charge >= 0.3 is 0 Å². The molecule has 0 unspecified atom stereocenters. The Morgan fingerprint density at radius 2 is 1.81 bits per heavy atom. The number of pyridine rings is 1. The Hall–Kier alpha value is -2.50. The van der Waals surface area contributed by atoms with Crippen molar-refractivity contribution >= 4 is 28.2 Å². The van der Waals surface area contributed by atoms with Gasteiger partial charge in [0.15, 0.2) is 11.5 Å². The van der Waals surface area contributed by atoms with E-state index < -0.39 is 0 Å². The molecule has 3 aromatic rings. The van der Waals surface area contributed by atoms with Gasteiger partial charge < -0.3 is 20.1 Å². The van der Waals surface area contributed by atoms with Crippen LogP contribution in [0.25, 0.3) is 22.0 Å². The fourth-order valence-electron chi connectivity index (χ4n) is 5.26. The van der Waals surface area contributed by atoms with Gasteiger partial charge in [-0.2, -0.15) is 0 Å². The lowest BCUT2D eigenvalue weighted by atomic mass is 9.90. The van der Waals surface area contributed by atoms with Crippen molar-refractivity contribution in [1.82, 2.24) is 9.88 Å². The summed E-state index contributed by atoms with van der Waals surface area (Å²) in [5.41, 5.74) is 3.98. The number of aromatic hydroxyl groups is 1. The molecule has 0 amide bonds. The zero-order valence-electron chi connectivity index (χ0n) is 18.5. The molecule has 5 rings (SSSR count). The predicted molar refractivity (Wildman–Crippen MR) is 131 cm³/mol. The maximum absolute atomic E-state index is 10.1. The third kappa shape index (κ3) is 4.24. The van der Waals surface area contributed by atoms with Gasteiger partial charge in [-0.1, -0.05) is 17.7 Å². The number of fused-ring (bicyclic) bond motifs is 1. The van der Waals surface area contributed by atoms with E-state index in [2.05, 4.69) is 27.3 Å². The van der Waals surface area contributed by atoms with Crippen molar-refractivity contribution in [3.63, 3.8) is 0 Å². The molecule has 1 saturated heterocycles. The van der Waals surface area contributed by atoms with Crippen molar-refractivity contribution < 1.29 is 9.84 Å². The molecule has 1 aromatic heterocycles. The van der Waals surface area contributed by atoms with E-state index in [1.54, 1.807) is 6.07 Å². The zero-order valence-corrected chi connectivity index (χ0v) is 19.2. The summed E-state index contributed by atoms with van der Waals surface area (Å²) in [6.07, 6.45) is 9.56. The number of likely N-dealkylation sites (tertiary alicyclic amines) is 1. The quantitative estimate of drug-likeness (QED) is 0.491. The number of phenolic OH excluding ortho intramolecular Hbond substituents is 1.